The van der Waals surface area contributed by atoms with Crippen molar-refractivity contribution in [2.24, 2.45) is 0 Å². The van der Waals surface area contributed by atoms with Crippen LogP contribution >= 0.6 is 11.6 Å². The first-order valence-electron chi connectivity index (χ1n) is 11.8. The molecule has 0 bridgehead atoms. The van der Waals surface area contributed by atoms with Gasteiger partial charge in [-0.2, -0.15) is 15.0 Å². The van der Waals surface area contributed by atoms with E-state index in [2.05, 4.69) is 20.5 Å². The van der Waals surface area contributed by atoms with E-state index in [1.165, 1.54) is 19.3 Å². The normalized spacial score (nSPS) is 13.7. The minimum atomic E-state index is 0.599. The van der Waals surface area contributed by atoms with Crippen LogP contribution in [0, 0.1) is 0 Å². The molecular weight excluding hydrogens is 446 g/mol. The minimum Gasteiger partial charge on any atom is -0.384 e. The van der Waals surface area contributed by atoms with Gasteiger partial charge >= 0.3 is 0 Å². The van der Waals surface area contributed by atoms with E-state index in [0.29, 0.717) is 11.0 Å². The monoisotopic (exact) mass is 473 g/mol. The fraction of sp³-hybridized carbons (Fsp3) is 0.308. The Hall–Kier alpha value is -3.45. The zero-order valence-corrected chi connectivity index (χ0v) is 19.8. The molecule has 5 rings (SSSR count). The van der Waals surface area contributed by atoms with Crippen molar-refractivity contribution in [3.8, 4) is 0 Å². The van der Waals surface area contributed by atoms with E-state index in [1.54, 1.807) is 6.20 Å². The lowest BCUT2D eigenvalue weighted by Crippen LogP contribution is -2.31. The van der Waals surface area contributed by atoms with Crippen molar-refractivity contribution in [1.82, 2.24) is 19.9 Å². The third kappa shape index (κ3) is 5.54. The van der Waals surface area contributed by atoms with Crippen molar-refractivity contribution < 1.29 is 0 Å². The summed E-state index contributed by atoms with van der Waals surface area (Å²) >= 11 is 6.11. The zero-order chi connectivity index (χ0) is 23.2. The Morgan fingerprint density at radius 3 is 2.62 bits per heavy atom. The molecule has 0 atom stereocenters. The molecule has 0 unspecified atom stereocenters. The average Bonchev–Trinajstić information content (AvgIpc) is 2.87. The lowest BCUT2D eigenvalue weighted by Gasteiger charge is -2.27. The van der Waals surface area contributed by atoms with Gasteiger partial charge in [0.2, 0.25) is 11.9 Å². The Kier molecular flexibility index (Phi) is 7.00. The van der Waals surface area contributed by atoms with Crippen LogP contribution in [0.15, 0.2) is 60.8 Å². The Morgan fingerprint density at radius 1 is 0.912 bits per heavy atom. The number of aryl methyl sites for hydroxylation is 1. The predicted molar refractivity (Wildman–Crippen MR) is 139 cm³/mol. The molecule has 1 aliphatic heterocycles. The second kappa shape index (κ2) is 10.7. The number of nitrogens with one attached hydrogen (secondary N) is 2. The van der Waals surface area contributed by atoms with Gasteiger partial charge in [-0.05, 0) is 62.1 Å². The SMILES string of the molecule is Clc1ccc2c(NCCCc3nc(Nc4ccccc4)nc(N4CCCCC4)n3)ccnc2c1. The second-order valence-electron chi connectivity index (χ2n) is 8.46. The van der Waals surface area contributed by atoms with Crippen molar-refractivity contribution in [3.05, 3.63) is 71.6 Å². The fourth-order valence-electron chi connectivity index (χ4n) is 4.21. The molecule has 0 radical (unpaired) electrons. The molecule has 2 aromatic carbocycles. The highest BCUT2D eigenvalue weighted by molar-refractivity contribution is 6.31. The van der Waals surface area contributed by atoms with Crippen molar-refractivity contribution >= 4 is 45.8 Å². The molecule has 1 aliphatic rings. The number of benzene rings is 2. The summed E-state index contributed by atoms with van der Waals surface area (Å²) in [5.74, 6) is 2.18. The van der Waals surface area contributed by atoms with Gasteiger partial charge in [0, 0.05) is 54.0 Å². The van der Waals surface area contributed by atoms with Crippen LogP contribution < -0.4 is 15.5 Å². The number of aromatic nitrogens is 4. The van der Waals surface area contributed by atoms with E-state index in [1.807, 2.05) is 54.6 Å². The van der Waals surface area contributed by atoms with Gasteiger partial charge in [0.1, 0.15) is 5.82 Å². The maximum absolute atomic E-state index is 6.11. The van der Waals surface area contributed by atoms with Crippen LogP contribution in [0.25, 0.3) is 10.9 Å². The molecule has 174 valence electrons. The van der Waals surface area contributed by atoms with Gasteiger partial charge in [0.25, 0.3) is 0 Å². The minimum absolute atomic E-state index is 0.599. The van der Waals surface area contributed by atoms with Crippen LogP contribution in [-0.4, -0.2) is 39.6 Å². The number of fused-ring (bicyclic) bond motifs is 1. The van der Waals surface area contributed by atoms with Crippen LogP contribution in [0.2, 0.25) is 5.02 Å². The summed E-state index contributed by atoms with van der Waals surface area (Å²) in [5, 5.41) is 8.63. The maximum Gasteiger partial charge on any atom is 0.232 e. The van der Waals surface area contributed by atoms with Crippen LogP contribution in [0.4, 0.5) is 23.3 Å². The highest BCUT2D eigenvalue weighted by atomic mass is 35.5. The highest BCUT2D eigenvalue weighted by Crippen LogP contribution is 2.24. The molecule has 0 aliphatic carbocycles. The van der Waals surface area contributed by atoms with Crippen LogP contribution in [0.1, 0.15) is 31.5 Å². The summed E-state index contributed by atoms with van der Waals surface area (Å²) in [6, 6.07) is 17.8. The standard InChI is InChI=1S/C26H28ClN7/c27-19-11-12-21-22(13-15-29-23(21)18-19)28-14-7-10-24-31-25(30-20-8-3-1-4-9-20)33-26(32-24)34-16-5-2-6-17-34/h1,3-4,8-9,11-13,15,18H,2,5-7,10,14,16-17H2,(H,28,29)(H,30,31,32,33). The Balaban J connectivity index is 1.28. The number of hydrogen-bond acceptors (Lipinski definition) is 7. The van der Waals surface area contributed by atoms with Gasteiger partial charge in [-0.25, -0.2) is 0 Å². The summed E-state index contributed by atoms with van der Waals surface area (Å²) < 4.78 is 0. The number of rotatable bonds is 8. The Labute approximate surface area is 204 Å². The van der Waals surface area contributed by atoms with Crippen molar-refractivity contribution in [1.29, 1.82) is 0 Å². The second-order valence-corrected chi connectivity index (χ2v) is 8.90. The van der Waals surface area contributed by atoms with Gasteiger partial charge in [0.05, 0.1) is 5.52 Å². The number of nitrogens with zero attached hydrogens (tertiary/aromatic N) is 5. The lowest BCUT2D eigenvalue weighted by atomic mass is 10.1. The van der Waals surface area contributed by atoms with E-state index < -0.39 is 0 Å². The average molecular weight is 474 g/mol. The summed E-state index contributed by atoms with van der Waals surface area (Å²) in [6.07, 6.45) is 7.08. The number of hydrogen-bond donors (Lipinski definition) is 2. The molecule has 34 heavy (non-hydrogen) atoms. The maximum atomic E-state index is 6.11. The first-order valence-corrected chi connectivity index (χ1v) is 12.2. The molecule has 0 spiro atoms. The molecule has 1 fully saturated rings. The quantitative estimate of drug-likeness (QED) is 0.310. The fourth-order valence-corrected chi connectivity index (χ4v) is 4.37. The van der Waals surface area contributed by atoms with Gasteiger partial charge in [-0.3, -0.25) is 4.98 Å². The third-order valence-corrected chi connectivity index (χ3v) is 6.17. The summed E-state index contributed by atoms with van der Waals surface area (Å²) in [7, 11) is 0. The number of pyridine rings is 1. The lowest BCUT2D eigenvalue weighted by molar-refractivity contribution is 0.566. The zero-order valence-electron chi connectivity index (χ0n) is 19.0. The predicted octanol–water partition coefficient (Wildman–Crippen LogP) is 5.85. The van der Waals surface area contributed by atoms with E-state index in [9.17, 15) is 0 Å². The molecule has 7 nitrogen and oxygen atoms in total. The Morgan fingerprint density at radius 2 is 1.76 bits per heavy atom. The van der Waals surface area contributed by atoms with Crippen LogP contribution in [0.5, 0.6) is 0 Å². The van der Waals surface area contributed by atoms with Crippen molar-refractivity contribution in [2.75, 3.05) is 35.2 Å². The third-order valence-electron chi connectivity index (χ3n) is 5.94. The van der Waals surface area contributed by atoms with Crippen molar-refractivity contribution in [3.63, 3.8) is 0 Å². The van der Waals surface area contributed by atoms with Gasteiger partial charge in [0.15, 0.2) is 0 Å². The molecule has 2 aromatic heterocycles. The van der Waals surface area contributed by atoms with E-state index in [0.717, 1.165) is 66.5 Å². The largest absolute Gasteiger partial charge is 0.384 e. The van der Waals surface area contributed by atoms with E-state index in [4.69, 9.17) is 26.6 Å². The van der Waals surface area contributed by atoms with Crippen LogP contribution in [-0.2, 0) is 6.42 Å². The molecule has 2 N–H and O–H groups in total. The molecule has 4 aromatic rings. The number of para-hydroxylation sites is 1. The summed E-state index contributed by atoms with van der Waals surface area (Å²) in [6.45, 7) is 2.79. The molecule has 0 amide bonds. The highest BCUT2D eigenvalue weighted by Gasteiger charge is 2.16. The number of piperidine rings is 1. The first-order chi connectivity index (χ1) is 16.7. The van der Waals surface area contributed by atoms with E-state index >= 15 is 0 Å². The van der Waals surface area contributed by atoms with Gasteiger partial charge in [-0.15, -0.1) is 0 Å². The molecule has 8 heteroatoms. The number of anilines is 4. The van der Waals surface area contributed by atoms with Gasteiger partial charge in [-0.1, -0.05) is 29.8 Å². The van der Waals surface area contributed by atoms with E-state index in [-0.39, 0.29) is 0 Å². The van der Waals surface area contributed by atoms with Crippen LogP contribution in [0.3, 0.4) is 0 Å². The molecule has 3 heterocycles. The van der Waals surface area contributed by atoms with Gasteiger partial charge < -0.3 is 15.5 Å². The topological polar surface area (TPSA) is 78.9 Å². The summed E-state index contributed by atoms with van der Waals surface area (Å²) in [5.41, 5.74) is 2.91. The summed E-state index contributed by atoms with van der Waals surface area (Å²) in [4.78, 5) is 20.9. The van der Waals surface area contributed by atoms with Crippen molar-refractivity contribution in [2.45, 2.75) is 32.1 Å². The Bertz CT molecular complexity index is 1240. The molecular formula is C26H28ClN7. The number of halogens is 1. The smallest absolute Gasteiger partial charge is 0.232 e. The first kappa shape index (κ1) is 22.3. The molecule has 0 saturated carbocycles. The molecule has 1 saturated heterocycles.